The molecule has 0 bridgehead atoms. The smallest absolute Gasteiger partial charge is 0.242 e. The first-order chi connectivity index (χ1) is 17.2. The molecule has 3 aromatic rings. The molecule has 194 valence electrons. The molecule has 0 unspecified atom stereocenters. The van der Waals surface area contributed by atoms with Crippen molar-refractivity contribution in [3.63, 3.8) is 0 Å². The normalized spacial score (nSPS) is 13.5. The largest absolute Gasteiger partial charge is 0.493 e. The summed E-state index contributed by atoms with van der Waals surface area (Å²) in [6.45, 7) is 11.1. The van der Waals surface area contributed by atoms with Gasteiger partial charge >= 0.3 is 0 Å². The summed E-state index contributed by atoms with van der Waals surface area (Å²) in [5, 5.41) is 17.9. The van der Waals surface area contributed by atoms with Crippen molar-refractivity contribution in [2.75, 3.05) is 20.3 Å². The molecule has 0 radical (unpaired) electrons. The number of aromatic nitrogens is 4. The summed E-state index contributed by atoms with van der Waals surface area (Å²) in [6.07, 6.45) is 4.71. The number of nitrogens with one attached hydrogen (secondary N) is 1. The Labute approximate surface area is 211 Å². The van der Waals surface area contributed by atoms with E-state index >= 15 is 0 Å². The van der Waals surface area contributed by atoms with Crippen LogP contribution in [0.4, 0.5) is 0 Å². The van der Waals surface area contributed by atoms with E-state index in [1.54, 1.807) is 13.2 Å². The lowest BCUT2D eigenvalue weighted by molar-refractivity contribution is 0.0965. The van der Waals surface area contributed by atoms with Crippen LogP contribution in [0.25, 0.3) is 5.65 Å². The van der Waals surface area contributed by atoms with E-state index in [2.05, 4.69) is 31.0 Å². The van der Waals surface area contributed by atoms with Crippen molar-refractivity contribution in [2.45, 2.75) is 78.7 Å². The lowest BCUT2D eigenvalue weighted by Gasteiger charge is -2.25. The molecule has 9 nitrogen and oxygen atoms in total. The summed E-state index contributed by atoms with van der Waals surface area (Å²) in [7, 11) is 1.62. The van der Waals surface area contributed by atoms with E-state index in [0.29, 0.717) is 41.8 Å². The second-order valence-corrected chi connectivity index (χ2v) is 10.2. The number of hydrogen-bond donors (Lipinski definition) is 1. The van der Waals surface area contributed by atoms with Crippen LogP contribution < -0.4 is 19.8 Å². The van der Waals surface area contributed by atoms with Crippen LogP contribution in [0.15, 0.2) is 12.1 Å². The van der Waals surface area contributed by atoms with Crippen LogP contribution in [0.3, 0.4) is 0 Å². The maximum absolute atomic E-state index is 13.5. The number of hydrogen-bond acceptors (Lipinski definition) is 7. The summed E-state index contributed by atoms with van der Waals surface area (Å²) in [5.41, 5.74) is 3.94. The molecule has 36 heavy (non-hydrogen) atoms. The fourth-order valence-electron chi connectivity index (χ4n) is 4.68. The van der Waals surface area contributed by atoms with Gasteiger partial charge in [0, 0.05) is 22.3 Å². The van der Waals surface area contributed by atoms with Gasteiger partial charge in [-0.25, -0.2) is 4.68 Å². The van der Waals surface area contributed by atoms with Gasteiger partial charge in [0.1, 0.15) is 6.54 Å². The van der Waals surface area contributed by atoms with E-state index in [0.717, 1.165) is 48.8 Å². The fourth-order valence-corrected chi connectivity index (χ4v) is 4.68. The Morgan fingerprint density at radius 3 is 2.44 bits per heavy atom. The zero-order chi connectivity index (χ0) is 26.0. The number of rotatable bonds is 9. The first-order valence-electron chi connectivity index (χ1n) is 12.8. The zero-order valence-corrected chi connectivity index (χ0v) is 22.2. The van der Waals surface area contributed by atoms with Gasteiger partial charge in [-0.05, 0) is 56.6 Å². The lowest BCUT2D eigenvalue weighted by Crippen LogP contribution is -2.27. The molecular weight excluding hydrogens is 458 g/mol. The van der Waals surface area contributed by atoms with Gasteiger partial charge in [-0.15, -0.1) is 10.2 Å². The van der Waals surface area contributed by atoms with Crippen molar-refractivity contribution in [2.24, 2.45) is 0 Å². The summed E-state index contributed by atoms with van der Waals surface area (Å²) in [5.74, 6) is 1.60. The molecule has 4 rings (SSSR count). The average Bonchev–Trinajstić information content (AvgIpc) is 3.16. The molecule has 1 aliphatic carbocycles. The summed E-state index contributed by atoms with van der Waals surface area (Å²) in [6, 6.07) is 3.60. The maximum atomic E-state index is 13.5. The number of methoxy groups -OCH3 is 1. The number of Topliss-reactive ketones (excluding diaryl/α,β-unsaturated/α-hetero) is 1. The van der Waals surface area contributed by atoms with E-state index in [4.69, 9.17) is 19.6 Å². The van der Waals surface area contributed by atoms with Gasteiger partial charge in [0.15, 0.2) is 22.9 Å². The highest BCUT2D eigenvalue weighted by molar-refractivity contribution is 5.97. The first kappa shape index (κ1) is 25.7. The molecule has 0 amide bonds. The molecule has 0 fully saturated rings. The van der Waals surface area contributed by atoms with E-state index < -0.39 is 0 Å². The van der Waals surface area contributed by atoms with Gasteiger partial charge in [0.2, 0.25) is 11.5 Å². The van der Waals surface area contributed by atoms with Crippen LogP contribution in [0.5, 0.6) is 17.4 Å². The first-order valence-corrected chi connectivity index (χ1v) is 12.8. The Bertz CT molecular complexity index is 1330. The zero-order valence-electron chi connectivity index (χ0n) is 22.2. The molecule has 1 aliphatic rings. The molecule has 1 N–H and O–H groups in total. The van der Waals surface area contributed by atoms with E-state index in [1.807, 2.05) is 19.9 Å². The molecule has 0 saturated carbocycles. The highest BCUT2D eigenvalue weighted by atomic mass is 16.5. The Morgan fingerprint density at radius 1 is 1.08 bits per heavy atom. The van der Waals surface area contributed by atoms with Crippen LogP contribution in [-0.2, 0) is 24.8 Å². The van der Waals surface area contributed by atoms with E-state index in [-0.39, 0.29) is 23.4 Å². The molecule has 2 aromatic heterocycles. The van der Waals surface area contributed by atoms with E-state index in [1.165, 1.54) is 9.20 Å². The summed E-state index contributed by atoms with van der Waals surface area (Å²) < 4.78 is 20.4. The number of ketones is 1. The van der Waals surface area contributed by atoms with Gasteiger partial charge in [-0.1, -0.05) is 27.7 Å². The van der Waals surface area contributed by atoms with Gasteiger partial charge in [-0.3, -0.25) is 10.2 Å². The highest BCUT2D eigenvalue weighted by Gasteiger charge is 2.26. The van der Waals surface area contributed by atoms with Gasteiger partial charge in [0.05, 0.1) is 20.3 Å². The third kappa shape index (κ3) is 4.83. The molecular formula is C27H37N5O4. The lowest BCUT2D eigenvalue weighted by atomic mass is 9.84. The van der Waals surface area contributed by atoms with Gasteiger partial charge < -0.3 is 14.2 Å². The molecule has 1 aromatic carbocycles. The number of fused-ring (bicyclic) bond motifs is 3. The van der Waals surface area contributed by atoms with Crippen molar-refractivity contribution >= 4 is 11.4 Å². The standard InChI is InChI=1S/C27H37N5O4/c1-7-13-36-22-15-17(14-20(23(22)34-6)27(3,4)5)21(33)16-31-26(28)32-24(29-31)18-11-9-10-12-19(18)25(30-32)35-8-2/h14-15,28H,7-13,16H2,1-6H3. The Hall–Kier alpha value is -3.36. The van der Waals surface area contributed by atoms with Crippen molar-refractivity contribution in [1.29, 1.82) is 5.41 Å². The summed E-state index contributed by atoms with van der Waals surface area (Å²) in [4.78, 5) is 13.5. The van der Waals surface area contributed by atoms with Crippen LogP contribution in [0.2, 0.25) is 0 Å². The Balaban J connectivity index is 1.76. The molecule has 0 atom stereocenters. The minimum absolute atomic E-state index is 0.0414. The number of nitrogens with zero attached hydrogens (tertiary/aromatic N) is 4. The molecule has 0 saturated heterocycles. The summed E-state index contributed by atoms with van der Waals surface area (Å²) >= 11 is 0. The minimum Gasteiger partial charge on any atom is -0.493 e. The van der Waals surface area contributed by atoms with Crippen molar-refractivity contribution in [3.05, 3.63) is 40.0 Å². The molecule has 0 aliphatic heterocycles. The fraction of sp³-hybridized carbons (Fsp3) is 0.556. The second kappa shape index (κ2) is 10.3. The monoisotopic (exact) mass is 495 g/mol. The Morgan fingerprint density at radius 2 is 1.81 bits per heavy atom. The van der Waals surface area contributed by atoms with Gasteiger partial charge in [-0.2, -0.15) is 4.52 Å². The molecule has 9 heteroatoms. The molecule has 2 heterocycles. The van der Waals surface area contributed by atoms with Crippen LogP contribution in [0.1, 0.15) is 80.9 Å². The number of aryl methyl sites for hydroxylation is 1. The highest BCUT2D eigenvalue weighted by Crippen LogP contribution is 2.40. The van der Waals surface area contributed by atoms with Gasteiger partial charge in [0.25, 0.3) is 0 Å². The van der Waals surface area contributed by atoms with Crippen molar-refractivity contribution in [1.82, 2.24) is 19.4 Å². The topological polar surface area (TPSA) is 104 Å². The van der Waals surface area contributed by atoms with Crippen molar-refractivity contribution < 1.29 is 19.0 Å². The third-order valence-electron chi connectivity index (χ3n) is 6.47. The quantitative estimate of drug-likeness (QED) is 0.445. The predicted molar refractivity (Wildman–Crippen MR) is 136 cm³/mol. The van der Waals surface area contributed by atoms with Crippen LogP contribution >= 0.6 is 0 Å². The van der Waals surface area contributed by atoms with E-state index in [9.17, 15) is 4.79 Å². The number of carbonyl (C=O) groups is 1. The maximum Gasteiger partial charge on any atom is 0.242 e. The van der Waals surface area contributed by atoms with Crippen LogP contribution in [-0.4, -0.2) is 45.5 Å². The number of benzene rings is 1. The number of ether oxygens (including phenoxy) is 3. The second-order valence-electron chi connectivity index (χ2n) is 10.2. The van der Waals surface area contributed by atoms with Crippen molar-refractivity contribution in [3.8, 4) is 17.4 Å². The average molecular weight is 496 g/mol. The number of carbonyl (C=O) groups excluding carboxylic acids is 1. The third-order valence-corrected chi connectivity index (χ3v) is 6.47. The predicted octanol–water partition coefficient (Wildman–Crippen LogP) is 4.27. The Kier molecular flexibility index (Phi) is 7.38. The molecule has 0 spiro atoms. The minimum atomic E-state index is -0.262. The van der Waals surface area contributed by atoms with Crippen LogP contribution in [0, 0.1) is 5.41 Å². The SMILES string of the molecule is CCCOc1cc(C(=O)Cn2nc3c4c(c(OCC)nn3c2=N)CCCC4)cc(C(C)(C)C)c1OC.